The summed E-state index contributed by atoms with van der Waals surface area (Å²) in [7, 11) is 0. The highest BCUT2D eigenvalue weighted by atomic mass is 19.1. The molecule has 3 rings (SSSR count). The molecule has 8 heteroatoms. The van der Waals surface area contributed by atoms with Crippen molar-refractivity contribution in [1.82, 2.24) is 0 Å². The number of rotatable bonds is 4. The summed E-state index contributed by atoms with van der Waals surface area (Å²) in [5, 5.41) is 11.1. The van der Waals surface area contributed by atoms with E-state index in [1.54, 1.807) is 0 Å². The minimum atomic E-state index is -1.28. The number of benzene rings is 2. The van der Waals surface area contributed by atoms with Crippen molar-refractivity contribution in [3.05, 3.63) is 70.0 Å². The number of Topliss-reactive ketones (excluding diaryl/α,β-unsaturated/α-hetero) is 2. The Balaban J connectivity index is 2.17. The smallest absolute Gasteiger partial charge is 0.295 e. The lowest BCUT2D eigenvalue weighted by Crippen LogP contribution is -2.30. The monoisotopic (exact) mass is 356 g/mol. The molecule has 0 aromatic heterocycles. The van der Waals surface area contributed by atoms with Gasteiger partial charge in [0.25, 0.3) is 11.6 Å². The first-order valence-electron chi connectivity index (χ1n) is 7.69. The van der Waals surface area contributed by atoms with Gasteiger partial charge < -0.3 is 0 Å². The third-order valence-electron chi connectivity index (χ3n) is 4.27. The summed E-state index contributed by atoms with van der Waals surface area (Å²) >= 11 is 0. The van der Waals surface area contributed by atoms with Gasteiger partial charge >= 0.3 is 0 Å². The molecule has 0 bridgehead atoms. The highest BCUT2D eigenvalue weighted by molar-refractivity contribution is 6.48. The van der Waals surface area contributed by atoms with E-state index >= 15 is 0 Å². The zero-order valence-corrected chi connectivity index (χ0v) is 13.6. The van der Waals surface area contributed by atoms with Crippen molar-refractivity contribution in [2.75, 3.05) is 4.90 Å². The summed E-state index contributed by atoms with van der Waals surface area (Å²) < 4.78 is 13.2. The molecule has 1 saturated heterocycles. The van der Waals surface area contributed by atoms with Crippen LogP contribution in [0.3, 0.4) is 0 Å². The summed E-state index contributed by atoms with van der Waals surface area (Å²) in [4.78, 5) is 48.5. The van der Waals surface area contributed by atoms with Crippen LogP contribution in [0.2, 0.25) is 0 Å². The molecule has 2 unspecified atom stereocenters. The van der Waals surface area contributed by atoms with E-state index in [0.717, 1.165) is 17.0 Å². The van der Waals surface area contributed by atoms with Crippen LogP contribution in [0.4, 0.5) is 15.8 Å². The maximum atomic E-state index is 13.2. The standard InChI is InChI=1S/C18H13FN2O5/c1-10(22)15-16(11-3-2-4-14(9-11)21(25)26)20(18(24)17(15)23)13-7-5-12(19)6-8-13/h2-9,15-16H,1H3. The number of carbonyl (C=O) groups excluding carboxylic acids is 3. The fourth-order valence-corrected chi connectivity index (χ4v) is 3.12. The van der Waals surface area contributed by atoms with Crippen molar-refractivity contribution in [2.45, 2.75) is 13.0 Å². The number of anilines is 1. The Morgan fingerprint density at radius 3 is 2.38 bits per heavy atom. The van der Waals surface area contributed by atoms with Crippen LogP contribution in [0.1, 0.15) is 18.5 Å². The number of non-ortho nitro benzene ring substituents is 1. The quantitative estimate of drug-likeness (QED) is 0.363. The molecule has 1 fully saturated rings. The summed E-state index contributed by atoms with van der Waals surface area (Å²) in [5.74, 6) is -4.13. The van der Waals surface area contributed by atoms with Crippen LogP contribution < -0.4 is 4.90 Å². The number of halogens is 1. The Morgan fingerprint density at radius 2 is 1.81 bits per heavy atom. The van der Waals surface area contributed by atoms with E-state index in [1.165, 1.54) is 43.3 Å². The van der Waals surface area contributed by atoms with Crippen LogP contribution >= 0.6 is 0 Å². The zero-order valence-electron chi connectivity index (χ0n) is 13.6. The van der Waals surface area contributed by atoms with Gasteiger partial charge in [0.2, 0.25) is 5.78 Å². The molecule has 2 atom stereocenters. The highest BCUT2D eigenvalue weighted by Crippen LogP contribution is 2.40. The SMILES string of the molecule is CC(=O)C1C(=O)C(=O)N(c2ccc(F)cc2)C1c1cccc([N+](=O)[O-])c1. The number of nitro groups is 1. The predicted octanol–water partition coefficient (Wildman–Crippen LogP) is 2.60. The zero-order chi connectivity index (χ0) is 19.0. The van der Waals surface area contributed by atoms with E-state index in [9.17, 15) is 28.9 Å². The van der Waals surface area contributed by atoms with E-state index in [2.05, 4.69) is 0 Å². The molecule has 26 heavy (non-hydrogen) atoms. The van der Waals surface area contributed by atoms with Gasteiger partial charge in [-0.25, -0.2) is 4.39 Å². The largest absolute Gasteiger partial charge is 0.299 e. The lowest BCUT2D eigenvalue weighted by Gasteiger charge is -2.26. The highest BCUT2D eigenvalue weighted by Gasteiger charge is 2.51. The maximum absolute atomic E-state index is 13.2. The Kier molecular flexibility index (Phi) is 4.33. The van der Waals surface area contributed by atoms with E-state index in [4.69, 9.17) is 0 Å². The van der Waals surface area contributed by atoms with Crippen molar-refractivity contribution in [2.24, 2.45) is 5.92 Å². The first kappa shape index (κ1) is 17.4. The molecule has 0 aliphatic carbocycles. The van der Waals surface area contributed by atoms with Gasteiger partial charge in [-0.3, -0.25) is 29.4 Å². The normalized spacial score (nSPS) is 19.7. The molecular formula is C18H13FN2O5. The average Bonchev–Trinajstić information content (AvgIpc) is 2.87. The predicted molar refractivity (Wildman–Crippen MR) is 88.9 cm³/mol. The third-order valence-corrected chi connectivity index (χ3v) is 4.27. The maximum Gasteiger partial charge on any atom is 0.295 e. The second-order valence-corrected chi connectivity index (χ2v) is 5.90. The topological polar surface area (TPSA) is 97.6 Å². The van der Waals surface area contributed by atoms with Crippen LogP contribution in [0, 0.1) is 21.8 Å². The van der Waals surface area contributed by atoms with Gasteiger partial charge in [-0.1, -0.05) is 12.1 Å². The molecule has 2 aromatic rings. The van der Waals surface area contributed by atoms with Crippen LogP contribution in [0.15, 0.2) is 48.5 Å². The number of carbonyl (C=O) groups is 3. The summed E-state index contributed by atoms with van der Waals surface area (Å²) in [6.07, 6.45) is 0. The van der Waals surface area contributed by atoms with E-state index in [0.29, 0.717) is 0 Å². The molecule has 0 N–H and O–H groups in total. The van der Waals surface area contributed by atoms with Crippen LogP contribution in [-0.4, -0.2) is 22.4 Å². The first-order chi connectivity index (χ1) is 12.3. The Bertz CT molecular complexity index is 925. The van der Waals surface area contributed by atoms with Crippen molar-refractivity contribution < 1.29 is 23.7 Å². The fourth-order valence-electron chi connectivity index (χ4n) is 3.12. The van der Waals surface area contributed by atoms with Crippen molar-refractivity contribution in [1.29, 1.82) is 0 Å². The molecule has 0 spiro atoms. The molecule has 1 aliphatic heterocycles. The molecule has 1 heterocycles. The van der Waals surface area contributed by atoms with Gasteiger partial charge in [0.15, 0.2) is 0 Å². The Morgan fingerprint density at radius 1 is 1.15 bits per heavy atom. The minimum Gasteiger partial charge on any atom is -0.299 e. The van der Waals surface area contributed by atoms with Crippen molar-refractivity contribution in [3.63, 3.8) is 0 Å². The number of hydrogen-bond acceptors (Lipinski definition) is 5. The molecule has 7 nitrogen and oxygen atoms in total. The van der Waals surface area contributed by atoms with Gasteiger partial charge in [0, 0.05) is 17.8 Å². The lowest BCUT2D eigenvalue weighted by atomic mass is 9.89. The minimum absolute atomic E-state index is 0.226. The second-order valence-electron chi connectivity index (χ2n) is 5.90. The van der Waals surface area contributed by atoms with Gasteiger partial charge in [-0.15, -0.1) is 0 Å². The van der Waals surface area contributed by atoms with Crippen LogP contribution in [-0.2, 0) is 14.4 Å². The second kappa shape index (κ2) is 6.47. The van der Waals surface area contributed by atoms with Gasteiger partial charge in [0.05, 0.1) is 11.0 Å². The Hall–Kier alpha value is -3.42. The molecule has 0 saturated carbocycles. The Labute approximate surface area is 147 Å². The molecule has 1 aliphatic rings. The fraction of sp³-hybridized carbons (Fsp3) is 0.167. The van der Waals surface area contributed by atoms with Crippen LogP contribution in [0.25, 0.3) is 0 Å². The van der Waals surface area contributed by atoms with E-state index < -0.39 is 40.2 Å². The van der Waals surface area contributed by atoms with Crippen molar-refractivity contribution in [3.8, 4) is 0 Å². The number of nitro benzene ring substituents is 1. The molecular weight excluding hydrogens is 343 g/mol. The van der Waals surface area contributed by atoms with Crippen LogP contribution in [0.5, 0.6) is 0 Å². The molecule has 2 aromatic carbocycles. The number of amides is 1. The number of nitrogens with zero attached hydrogens (tertiary/aromatic N) is 2. The third kappa shape index (κ3) is 2.85. The molecule has 0 radical (unpaired) electrons. The first-order valence-corrected chi connectivity index (χ1v) is 7.69. The van der Waals surface area contributed by atoms with Crippen molar-refractivity contribution >= 4 is 28.8 Å². The average molecular weight is 356 g/mol. The molecule has 1 amide bonds. The van der Waals surface area contributed by atoms with Gasteiger partial charge in [0.1, 0.15) is 17.5 Å². The summed E-state index contributed by atoms with van der Waals surface area (Å²) in [6.45, 7) is 1.19. The van der Waals surface area contributed by atoms with E-state index in [-0.39, 0.29) is 16.9 Å². The summed E-state index contributed by atoms with van der Waals surface area (Å²) in [5.41, 5.74) is 0.281. The summed E-state index contributed by atoms with van der Waals surface area (Å²) in [6, 6.07) is 9.27. The number of hydrogen-bond donors (Lipinski definition) is 0. The van der Waals surface area contributed by atoms with Gasteiger partial charge in [-0.2, -0.15) is 0 Å². The van der Waals surface area contributed by atoms with Gasteiger partial charge in [-0.05, 0) is 36.8 Å². The van der Waals surface area contributed by atoms with E-state index in [1.807, 2.05) is 0 Å². The lowest BCUT2D eigenvalue weighted by molar-refractivity contribution is -0.384. The number of ketones is 2. The molecule has 132 valence electrons.